The van der Waals surface area contributed by atoms with Crippen molar-refractivity contribution in [2.24, 2.45) is 0 Å². The van der Waals surface area contributed by atoms with E-state index in [0.29, 0.717) is 11.9 Å². The summed E-state index contributed by atoms with van der Waals surface area (Å²) in [5.74, 6) is 0.639. The van der Waals surface area contributed by atoms with Gasteiger partial charge < -0.3 is 4.74 Å². The van der Waals surface area contributed by atoms with Crippen molar-refractivity contribution in [1.82, 2.24) is 0 Å². The number of esters is 1. The van der Waals surface area contributed by atoms with Gasteiger partial charge in [0.05, 0.1) is 6.61 Å². The molecule has 0 saturated heterocycles. The third kappa shape index (κ3) is 7.91. The van der Waals surface area contributed by atoms with Gasteiger partial charge in [-0.1, -0.05) is 19.9 Å². The van der Waals surface area contributed by atoms with Gasteiger partial charge in [-0.3, -0.25) is 0 Å². The molecule has 0 aliphatic heterocycles. The molecule has 0 spiro atoms. The average molecular weight is 202 g/mol. The largest absolute Gasteiger partial charge is 0.463 e. The lowest BCUT2D eigenvalue weighted by Crippen LogP contribution is -1.99. The average Bonchev–Trinajstić information content (AvgIpc) is 2.12. The molecule has 0 amide bonds. The lowest BCUT2D eigenvalue weighted by atomic mass is 10.4. The maximum Gasteiger partial charge on any atom is 0.330 e. The Labute approximate surface area is 84.7 Å². The highest BCUT2D eigenvalue weighted by Crippen LogP contribution is 2.12. The Morgan fingerprint density at radius 1 is 1.54 bits per heavy atom. The smallest absolute Gasteiger partial charge is 0.330 e. The van der Waals surface area contributed by atoms with E-state index >= 15 is 0 Å². The molecule has 0 aromatic heterocycles. The molecular formula is C10H18O2S. The fourth-order valence-electron chi connectivity index (χ4n) is 0.672. The molecule has 13 heavy (non-hydrogen) atoms. The first kappa shape index (κ1) is 12.6. The van der Waals surface area contributed by atoms with Crippen LogP contribution in [0.1, 0.15) is 27.2 Å². The van der Waals surface area contributed by atoms with Gasteiger partial charge in [0.1, 0.15) is 0 Å². The molecule has 0 N–H and O–H groups in total. The van der Waals surface area contributed by atoms with Crippen molar-refractivity contribution >= 4 is 17.7 Å². The van der Waals surface area contributed by atoms with Crippen LogP contribution in [0.15, 0.2) is 12.2 Å². The highest BCUT2D eigenvalue weighted by atomic mass is 32.2. The Morgan fingerprint density at radius 2 is 2.23 bits per heavy atom. The lowest BCUT2D eigenvalue weighted by molar-refractivity contribution is -0.137. The maximum absolute atomic E-state index is 10.8. The van der Waals surface area contributed by atoms with E-state index in [-0.39, 0.29) is 5.97 Å². The summed E-state index contributed by atoms with van der Waals surface area (Å²) >= 11 is 1.84. The minimum absolute atomic E-state index is 0.243. The van der Waals surface area contributed by atoms with Crippen molar-refractivity contribution in [3.63, 3.8) is 0 Å². The van der Waals surface area contributed by atoms with E-state index < -0.39 is 0 Å². The SMILES string of the molecule is CCOC(=O)/C=C/CSC(C)CC. The molecule has 2 nitrogen and oxygen atoms in total. The molecule has 3 heteroatoms. The summed E-state index contributed by atoms with van der Waals surface area (Å²) < 4.78 is 4.74. The normalized spacial score (nSPS) is 13.2. The van der Waals surface area contributed by atoms with Crippen LogP contribution in [0.2, 0.25) is 0 Å². The van der Waals surface area contributed by atoms with Gasteiger partial charge in [-0.2, -0.15) is 11.8 Å². The molecule has 76 valence electrons. The summed E-state index contributed by atoms with van der Waals surface area (Å²) in [7, 11) is 0. The molecular weight excluding hydrogens is 184 g/mol. The molecule has 0 aromatic rings. The van der Waals surface area contributed by atoms with Crippen molar-refractivity contribution in [3.05, 3.63) is 12.2 Å². The number of carbonyl (C=O) groups is 1. The highest BCUT2D eigenvalue weighted by molar-refractivity contribution is 8.00. The van der Waals surface area contributed by atoms with Crippen LogP contribution in [0.3, 0.4) is 0 Å². The maximum atomic E-state index is 10.8. The predicted molar refractivity (Wildman–Crippen MR) is 58.0 cm³/mol. The van der Waals surface area contributed by atoms with Gasteiger partial charge in [-0.05, 0) is 13.3 Å². The van der Waals surface area contributed by atoms with Crippen molar-refractivity contribution < 1.29 is 9.53 Å². The molecule has 0 aromatic carbocycles. The standard InChI is InChI=1S/C10H18O2S/c1-4-9(3)13-8-6-7-10(11)12-5-2/h6-7,9H,4-5,8H2,1-3H3/b7-6+. The Kier molecular flexibility index (Phi) is 7.90. The molecule has 0 aliphatic carbocycles. The number of hydrogen-bond acceptors (Lipinski definition) is 3. The summed E-state index contributed by atoms with van der Waals surface area (Å²) in [6, 6.07) is 0. The van der Waals surface area contributed by atoms with Crippen molar-refractivity contribution in [2.45, 2.75) is 32.4 Å². The minimum Gasteiger partial charge on any atom is -0.463 e. The second-order valence-electron chi connectivity index (χ2n) is 2.71. The van der Waals surface area contributed by atoms with Crippen LogP contribution in [-0.2, 0) is 9.53 Å². The first-order valence-corrected chi connectivity index (χ1v) is 5.70. The summed E-state index contributed by atoms with van der Waals surface area (Å²) in [6.45, 7) is 6.59. The van der Waals surface area contributed by atoms with Crippen LogP contribution in [-0.4, -0.2) is 23.6 Å². The molecule has 0 heterocycles. The summed E-state index contributed by atoms with van der Waals surface area (Å²) in [6.07, 6.45) is 4.52. The minimum atomic E-state index is -0.243. The molecule has 0 saturated carbocycles. The molecule has 1 atom stereocenters. The van der Waals surface area contributed by atoms with Crippen molar-refractivity contribution in [2.75, 3.05) is 12.4 Å². The van der Waals surface area contributed by atoms with Crippen molar-refractivity contribution in [3.8, 4) is 0 Å². The molecule has 0 radical (unpaired) electrons. The first-order chi connectivity index (χ1) is 6.20. The number of rotatable bonds is 6. The number of thioether (sulfide) groups is 1. The predicted octanol–water partition coefficient (Wildman–Crippen LogP) is 2.64. The Bertz CT molecular complexity index is 166. The van der Waals surface area contributed by atoms with Crippen LogP contribution in [0.25, 0.3) is 0 Å². The molecule has 0 fully saturated rings. The van der Waals surface area contributed by atoms with Gasteiger partial charge in [-0.25, -0.2) is 4.79 Å². The first-order valence-electron chi connectivity index (χ1n) is 4.65. The Hall–Kier alpha value is -0.440. The van der Waals surface area contributed by atoms with E-state index in [1.54, 1.807) is 6.92 Å². The summed E-state index contributed by atoms with van der Waals surface area (Å²) in [5, 5.41) is 0.659. The van der Waals surface area contributed by atoms with Gasteiger partial charge in [-0.15, -0.1) is 0 Å². The van der Waals surface area contributed by atoms with Crippen LogP contribution in [0, 0.1) is 0 Å². The summed E-state index contributed by atoms with van der Waals surface area (Å²) in [5.41, 5.74) is 0. The molecule has 0 rings (SSSR count). The Balaban J connectivity index is 3.46. The lowest BCUT2D eigenvalue weighted by Gasteiger charge is -2.04. The molecule has 0 bridgehead atoms. The molecule has 0 aliphatic rings. The van der Waals surface area contributed by atoms with E-state index in [9.17, 15) is 4.79 Å². The van der Waals surface area contributed by atoms with Crippen LogP contribution >= 0.6 is 11.8 Å². The Morgan fingerprint density at radius 3 is 2.77 bits per heavy atom. The van der Waals surface area contributed by atoms with E-state index in [1.807, 2.05) is 17.8 Å². The fourth-order valence-corrected chi connectivity index (χ4v) is 1.44. The quantitative estimate of drug-likeness (QED) is 0.489. The zero-order valence-corrected chi connectivity index (χ0v) is 9.39. The summed E-state index contributed by atoms with van der Waals surface area (Å²) in [4.78, 5) is 10.8. The van der Waals surface area contributed by atoms with Crippen LogP contribution in [0.5, 0.6) is 0 Å². The fraction of sp³-hybridized carbons (Fsp3) is 0.700. The van der Waals surface area contributed by atoms with Crippen molar-refractivity contribution in [1.29, 1.82) is 0 Å². The van der Waals surface area contributed by atoms with Gasteiger partial charge in [0.25, 0.3) is 0 Å². The highest BCUT2D eigenvalue weighted by Gasteiger charge is 1.96. The second-order valence-corrected chi connectivity index (χ2v) is 4.18. The molecule has 1 unspecified atom stereocenters. The second kappa shape index (κ2) is 8.17. The monoisotopic (exact) mass is 202 g/mol. The van der Waals surface area contributed by atoms with Gasteiger partial charge in [0.2, 0.25) is 0 Å². The zero-order chi connectivity index (χ0) is 10.1. The van der Waals surface area contributed by atoms with Gasteiger partial charge in [0, 0.05) is 17.1 Å². The van der Waals surface area contributed by atoms with E-state index in [4.69, 9.17) is 4.74 Å². The van der Waals surface area contributed by atoms with E-state index in [2.05, 4.69) is 13.8 Å². The zero-order valence-electron chi connectivity index (χ0n) is 8.58. The third-order valence-electron chi connectivity index (χ3n) is 1.59. The van der Waals surface area contributed by atoms with Crippen LogP contribution < -0.4 is 0 Å². The topological polar surface area (TPSA) is 26.3 Å². The number of carbonyl (C=O) groups excluding carboxylic acids is 1. The third-order valence-corrected chi connectivity index (χ3v) is 2.88. The number of ether oxygens (including phenoxy) is 1. The number of hydrogen-bond donors (Lipinski definition) is 0. The van der Waals surface area contributed by atoms with Crippen LogP contribution in [0.4, 0.5) is 0 Å². The van der Waals surface area contributed by atoms with Gasteiger partial charge in [0.15, 0.2) is 0 Å². The van der Waals surface area contributed by atoms with E-state index in [1.165, 1.54) is 6.08 Å². The van der Waals surface area contributed by atoms with Gasteiger partial charge >= 0.3 is 5.97 Å². The van der Waals surface area contributed by atoms with E-state index in [0.717, 1.165) is 12.2 Å².